The number of carbonyl (C=O) groups is 1. The number of rotatable bonds is 7. The summed E-state index contributed by atoms with van der Waals surface area (Å²) in [4.78, 5) is 15.4. The van der Waals surface area contributed by atoms with E-state index in [-0.39, 0.29) is 5.78 Å². The first-order valence-corrected chi connectivity index (χ1v) is 11.3. The maximum atomic E-state index is 11.8. The molecule has 1 N–H and O–H groups in total. The molecule has 1 unspecified atom stereocenters. The van der Waals surface area contributed by atoms with Crippen LogP contribution in [-0.2, 0) is 6.54 Å². The molecule has 4 heteroatoms. The molecule has 30 heavy (non-hydrogen) atoms. The molecule has 0 amide bonds. The zero-order valence-electron chi connectivity index (χ0n) is 17.6. The van der Waals surface area contributed by atoms with Gasteiger partial charge in [0.2, 0.25) is 0 Å². The fraction of sp³-hybridized carbons (Fsp3) is 0.269. The van der Waals surface area contributed by atoms with Gasteiger partial charge in [-0.1, -0.05) is 60.7 Å². The zero-order chi connectivity index (χ0) is 20.9. The molecule has 3 aromatic carbocycles. The molecule has 0 spiro atoms. The lowest BCUT2D eigenvalue weighted by Crippen LogP contribution is -2.28. The lowest BCUT2D eigenvalue weighted by atomic mass is 10.0. The summed E-state index contributed by atoms with van der Waals surface area (Å²) in [5.41, 5.74) is 5.73. The topological polar surface area (TPSA) is 32.3 Å². The van der Waals surface area contributed by atoms with Crippen molar-refractivity contribution in [2.75, 3.05) is 13.1 Å². The Labute approximate surface area is 183 Å². The highest BCUT2D eigenvalue weighted by Gasteiger charge is 2.22. The molecule has 1 aliphatic rings. The number of benzene rings is 3. The van der Waals surface area contributed by atoms with Gasteiger partial charge in [-0.3, -0.25) is 14.4 Å². The van der Waals surface area contributed by atoms with Gasteiger partial charge < -0.3 is 0 Å². The summed E-state index contributed by atoms with van der Waals surface area (Å²) in [7, 11) is 0. The monoisotopic (exact) mass is 416 g/mol. The van der Waals surface area contributed by atoms with Crippen LogP contribution in [0.2, 0.25) is 0 Å². The number of carbonyl (C=O) groups excluding carboxylic acids is 1. The SMILES string of the molecule is CC(=O)c1cc(SNC2CCN(Cc3ccc(-c4ccccc4)cc3)C2)ccc1C. The molecule has 1 fully saturated rings. The number of hydrogen-bond donors (Lipinski definition) is 1. The van der Waals surface area contributed by atoms with Crippen molar-refractivity contribution < 1.29 is 4.79 Å². The average Bonchev–Trinajstić information content (AvgIpc) is 3.21. The first kappa shape index (κ1) is 20.9. The van der Waals surface area contributed by atoms with Crippen molar-refractivity contribution in [3.05, 3.63) is 89.5 Å². The van der Waals surface area contributed by atoms with E-state index >= 15 is 0 Å². The molecule has 0 saturated carbocycles. The van der Waals surface area contributed by atoms with Gasteiger partial charge in [0.05, 0.1) is 0 Å². The van der Waals surface area contributed by atoms with Gasteiger partial charge in [0.25, 0.3) is 0 Å². The second-order valence-corrected chi connectivity index (χ2v) is 8.95. The summed E-state index contributed by atoms with van der Waals surface area (Å²) < 4.78 is 3.59. The maximum absolute atomic E-state index is 11.8. The van der Waals surface area contributed by atoms with Crippen LogP contribution in [0.15, 0.2) is 77.7 Å². The molecular formula is C26H28N2OS. The molecule has 1 aliphatic heterocycles. The quantitative estimate of drug-likeness (QED) is 0.393. The third-order valence-electron chi connectivity index (χ3n) is 5.67. The lowest BCUT2D eigenvalue weighted by molar-refractivity contribution is 0.101. The van der Waals surface area contributed by atoms with Gasteiger partial charge in [-0.2, -0.15) is 0 Å². The summed E-state index contributed by atoms with van der Waals surface area (Å²) >= 11 is 1.64. The number of hydrogen-bond acceptors (Lipinski definition) is 4. The van der Waals surface area contributed by atoms with Gasteiger partial charge in [-0.15, -0.1) is 0 Å². The maximum Gasteiger partial charge on any atom is 0.160 e. The first-order valence-electron chi connectivity index (χ1n) is 10.5. The number of Topliss-reactive ketones (excluding diaryl/α,β-unsaturated/α-hetero) is 1. The Balaban J connectivity index is 1.29. The first-order chi connectivity index (χ1) is 14.6. The van der Waals surface area contributed by atoms with E-state index in [1.54, 1.807) is 18.9 Å². The Hall–Kier alpha value is -2.40. The Morgan fingerprint density at radius 3 is 2.50 bits per heavy atom. The van der Waals surface area contributed by atoms with Gasteiger partial charge >= 0.3 is 0 Å². The van der Waals surface area contributed by atoms with Crippen LogP contribution < -0.4 is 4.72 Å². The standard InChI is InChI=1S/C26H28N2OS/c1-19-8-13-25(16-26(19)20(2)29)30-27-24-14-15-28(18-24)17-21-9-11-23(12-10-21)22-6-4-3-5-7-22/h3-13,16,24,27H,14-15,17-18H2,1-2H3. The van der Waals surface area contributed by atoms with Gasteiger partial charge in [-0.05, 0) is 66.6 Å². The van der Waals surface area contributed by atoms with Crippen LogP contribution in [0.4, 0.5) is 0 Å². The molecule has 1 heterocycles. The number of nitrogens with one attached hydrogen (secondary N) is 1. The van der Waals surface area contributed by atoms with E-state index in [0.29, 0.717) is 6.04 Å². The number of ketones is 1. The van der Waals surface area contributed by atoms with Crippen LogP contribution in [0, 0.1) is 6.92 Å². The fourth-order valence-electron chi connectivity index (χ4n) is 3.96. The molecule has 4 rings (SSSR count). The van der Waals surface area contributed by atoms with Crippen LogP contribution in [0.3, 0.4) is 0 Å². The highest BCUT2D eigenvalue weighted by molar-refractivity contribution is 7.97. The van der Waals surface area contributed by atoms with Gasteiger partial charge in [-0.25, -0.2) is 0 Å². The van der Waals surface area contributed by atoms with Crippen molar-refractivity contribution in [2.24, 2.45) is 0 Å². The summed E-state index contributed by atoms with van der Waals surface area (Å²) in [5, 5.41) is 0. The lowest BCUT2D eigenvalue weighted by Gasteiger charge is -2.17. The van der Waals surface area contributed by atoms with E-state index in [2.05, 4.69) is 70.3 Å². The van der Waals surface area contributed by atoms with Crippen LogP contribution >= 0.6 is 11.9 Å². The average molecular weight is 417 g/mol. The Morgan fingerprint density at radius 2 is 1.77 bits per heavy atom. The third kappa shape index (κ3) is 5.20. The van der Waals surface area contributed by atoms with Crippen molar-refractivity contribution in [1.29, 1.82) is 0 Å². The smallest absolute Gasteiger partial charge is 0.160 e. The van der Waals surface area contributed by atoms with E-state index in [4.69, 9.17) is 0 Å². The summed E-state index contributed by atoms with van der Waals surface area (Å²) in [6, 6.07) is 26.0. The molecule has 0 aromatic heterocycles. The summed E-state index contributed by atoms with van der Waals surface area (Å²) in [6.07, 6.45) is 1.14. The van der Waals surface area contributed by atoms with Crippen molar-refractivity contribution in [3.8, 4) is 11.1 Å². The van der Waals surface area contributed by atoms with Crippen LogP contribution in [0.1, 0.15) is 34.8 Å². The molecular weight excluding hydrogens is 388 g/mol. The highest BCUT2D eigenvalue weighted by Crippen LogP contribution is 2.24. The van der Waals surface area contributed by atoms with E-state index < -0.39 is 0 Å². The van der Waals surface area contributed by atoms with Crippen LogP contribution in [0.25, 0.3) is 11.1 Å². The molecule has 3 aromatic rings. The Morgan fingerprint density at radius 1 is 1.03 bits per heavy atom. The minimum Gasteiger partial charge on any atom is -0.297 e. The van der Waals surface area contributed by atoms with Crippen LogP contribution in [0.5, 0.6) is 0 Å². The van der Waals surface area contributed by atoms with E-state index in [9.17, 15) is 4.79 Å². The molecule has 154 valence electrons. The Bertz CT molecular complexity index is 1000. The largest absolute Gasteiger partial charge is 0.297 e. The molecule has 0 aliphatic carbocycles. The summed E-state index contributed by atoms with van der Waals surface area (Å²) in [6.45, 7) is 6.74. The van der Waals surface area contributed by atoms with Crippen molar-refractivity contribution in [1.82, 2.24) is 9.62 Å². The van der Waals surface area contributed by atoms with Crippen molar-refractivity contribution in [2.45, 2.75) is 37.8 Å². The normalized spacial score (nSPS) is 16.7. The number of likely N-dealkylation sites (tertiary alicyclic amines) is 1. The fourth-order valence-corrected chi connectivity index (χ4v) is 4.77. The predicted molar refractivity (Wildman–Crippen MR) is 126 cm³/mol. The van der Waals surface area contributed by atoms with E-state index in [1.807, 2.05) is 19.1 Å². The van der Waals surface area contributed by atoms with Crippen molar-refractivity contribution >= 4 is 17.7 Å². The second-order valence-electron chi connectivity index (χ2n) is 8.04. The number of aryl methyl sites for hydroxylation is 1. The molecule has 3 nitrogen and oxygen atoms in total. The van der Waals surface area contributed by atoms with Gasteiger partial charge in [0.15, 0.2) is 5.78 Å². The number of nitrogens with zero attached hydrogens (tertiary/aromatic N) is 1. The molecule has 0 radical (unpaired) electrons. The second kappa shape index (κ2) is 9.61. The summed E-state index contributed by atoms with van der Waals surface area (Å²) in [5.74, 6) is 0.125. The molecule has 1 atom stereocenters. The zero-order valence-corrected chi connectivity index (χ0v) is 18.4. The molecule has 1 saturated heterocycles. The van der Waals surface area contributed by atoms with E-state index in [1.165, 1.54) is 16.7 Å². The third-order valence-corrected chi connectivity index (χ3v) is 6.61. The highest BCUT2D eigenvalue weighted by atomic mass is 32.2. The van der Waals surface area contributed by atoms with Crippen LogP contribution in [-0.4, -0.2) is 29.8 Å². The van der Waals surface area contributed by atoms with E-state index in [0.717, 1.165) is 42.1 Å². The minimum absolute atomic E-state index is 0.125. The minimum atomic E-state index is 0.125. The molecule has 0 bridgehead atoms. The van der Waals surface area contributed by atoms with Gasteiger partial charge in [0.1, 0.15) is 0 Å². The predicted octanol–water partition coefficient (Wildman–Crippen LogP) is 5.74. The Kier molecular flexibility index (Phi) is 6.68. The van der Waals surface area contributed by atoms with Crippen molar-refractivity contribution in [3.63, 3.8) is 0 Å². The van der Waals surface area contributed by atoms with Gasteiger partial charge in [0, 0.05) is 36.1 Å².